The molecule has 0 fully saturated rings. The van der Waals surface area contributed by atoms with Crippen molar-refractivity contribution in [3.05, 3.63) is 41.1 Å². The third kappa shape index (κ3) is 3.43. The first kappa shape index (κ1) is 12.3. The van der Waals surface area contributed by atoms with Crippen molar-refractivity contribution in [1.29, 1.82) is 5.26 Å². The van der Waals surface area contributed by atoms with Crippen molar-refractivity contribution < 1.29 is 0 Å². The van der Waals surface area contributed by atoms with Crippen LogP contribution in [0.3, 0.4) is 0 Å². The fourth-order valence-corrected chi connectivity index (χ4v) is 1.60. The normalized spacial score (nSPS) is 9.56. The molecule has 1 aromatic heterocycles. The van der Waals surface area contributed by atoms with Gasteiger partial charge in [-0.05, 0) is 24.3 Å². The Labute approximate surface area is 113 Å². The van der Waals surface area contributed by atoms with Gasteiger partial charge in [0.2, 0.25) is 0 Å². The Morgan fingerprint density at radius 2 is 1.89 bits per heavy atom. The lowest BCUT2D eigenvalue weighted by molar-refractivity contribution is 1.14. The number of nitrogens with zero attached hydrogens (tertiary/aromatic N) is 3. The molecule has 0 amide bonds. The average molecular weight is 304 g/mol. The third-order valence-corrected chi connectivity index (χ3v) is 2.66. The van der Waals surface area contributed by atoms with Gasteiger partial charge >= 0.3 is 0 Å². The topological polar surface area (TPSA) is 73.6 Å². The molecule has 0 bridgehead atoms. The molecule has 0 radical (unpaired) electrons. The molecule has 0 aliphatic carbocycles. The fraction of sp³-hybridized carbons (Fsp3) is 0.0833. The van der Waals surface area contributed by atoms with E-state index < -0.39 is 0 Å². The molecule has 0 atom stereocenters. The van der Waals surface area contributed by atoms with Crippen LogP contribution in [0.4, 0.5) is 17.3 Å². The van der Waals surface area contributed by atoms with Gasteiger partial charge in [0.05, 0.1) is 6.07 Å². The second kappa shape index (κ2) is 5.98. The maximum atomic E-state index is 8.48. The van der Waals surface area contributed by atoms with Crippen molar-refractivity contribution >= 4 is 33.3 Å². The number of benzene rings is 1. The smallest absolute Gasteiger partial charge is 0.135 e. The summed E-state index contributed by atoms with van der Waals surface area (Å²) in [5.74, 6) is 1.29. The van der Waals surface area contributed by atoms with E-state index >= 15 is 0 Å². The summed E-state index contributed by atoms with van der Waals surface area (Å²) in [6.45, 7) is 0.217. The van der Waals surface area contributed by atoms with Gasteiger partial charge in [0.25, 0.3) is 0 Å². The maximum Gasteiger partial charge on any atom is 0.135 e. The molecule has 2 N–H and O–H groups in total. The Kier molecular flexibility index (Phi) is 4.10. The summed E-state index contributed by atoms with van der Waals surface area (Å²) >= 11 is 3.38. The van der Waals surface area contributed by atoms with Crippen molar-refractivity contribution in [3.8, 4) is 6.07 Å². The van der Waals surface area contributed by atoms with E-state index in [-0.39, 0.29) is 6.54 Å². The average Bonchev–Trinajstić information content (AvgIpc) is 2.40. The zero-order chi connectivity index (χ0) is 12.8. The van der Waals surface area contributed by atoms with Crippen molar-refractivity contribution in [1.82, 2.24) is 9.97 Å². The maximum absolute atomic E-state index is 8.48. The van der Waals surface area contributed by atoms with Crippen LogP contribution in [0.2, 0.25) is 0 Å². The Morgan fingerprint density at radius 1 is 1.17 bits per heavy atom. The molecule has 2 rings (SSSR count). The highest BCUT2D eigenvalue weighted by Gasteiger charge is 1.99. The third-order valence-electron chi connectivity index (χ3n) is 2.13. The quantitative estimate of drug-likeness (QED) is 0.850. The summed E-state index contributed by atoms with van der Waals surface area (Å²) in [5, 5.41) is 14.5. The predicted octanol–water partition coefficient (Wildman–Crippen LogP) is 2.92. The number of hydrogen-bond donors (Lipinski definition) is 2. The van der Waals surface area contributed by atoms with Gasteiger partial charge in [0.1, 0.15) is 24.5 Å². The van der Waals surface area contributed by atoms with E-state index in [4.69, 9.17) is 5.26 Å². The van der Waals surface area contributed by atoms with Gasteiger partial charge in [-0.1, -0.05) is 15.9 Å². The molecule has 0 aliphatic heterocycles. The Hall–Kier alpha value is -2.13. The van der Waals surface area contributed by atoms with Gasteiger partial charge in [-0.15, -0.1) is 0 Å². The highest BCUT2D eigenvalue weighted by Crippen LogP contribution is 2.18. The van der Waals surface area contributed by atoms with Gasteiger partial charge in [-0.25, -0.2) is 9.97 Å². The van der Waals surface area contributed by atoms with Crippen molar-refractivity contribution in [2.45, 2.75) is 0 Å². The number of rotatable bonds is 4. The van der Waals surface area contributed by atoms with Crippen LogP contribution >= 0.6 is 15.9 Å². The summed E-state index contributed by atoms with van der Waals surface area (Å²) in [7, 11) is 0. The molecule has 2 aromatic rings. The molecule has 6 heteroatoms. The van der Waals surface area contributed by atoms with Crippen LogP contribution in [0.25, 0.3) is 0 Å². The second-order valence-electron chi connectivity index (χ2n) is 3.43. The molecule has 0 aliphatic rings. The molecule has 1 heterocycles. The van der Waals surface area contributed by atoms with E-state index in [0.717, 1.165) is 10.2 Å². The van der Waals surface area contributed by atoms with E-state index in [1.165, 1.54) is 6.33 Å². The van der Waals surface area contributed by atoms with Crippen molar-refractivity contribution in [2.75, 3.05) is 17.2 Å². The van der Waals surface area contributed by atoms with Gasteiger partial charge < -0.3 is 10.6 Å². The fourth-order valence-electron chi connectivity index (χ4n) is 1.33. The van der Waals surface area contributed by atoms with E-state index in [0.29, 0.717) is 11.6 Å². The minimum atomic E-state index is 0.217. The number of anilines is 3. The first-order valence-corrected chi connectivity index (χ1v) is 6.03. The predicted molar refractivity (Wildman–Crippen MR) is 73.6 cm³/mol. The van der Waals surface area contributed by atoms with Gasteiger partial charge in [0.15, 0.2) is 0 Å². The van der Waals surface area contributed by atoms with Crippen LogP contribution in [0, 0.1) is 11.3 Å². The molecule has 0 saturated carbocycles. The minimum Gasteiger partial charge on any atom is -0.357 e. The Balaban J connectivity index is 2.09. The molecule has 18 heavy (non-hydrogen) atoms. The SMILES string of the molecule is N#CCNc1cc(Nc2ccc(Br)cc2)ncn1. The van der Waals surface area contributed by atoms with Crippen LogP contribution in [0.5, 0.6) is 0 Å². The molecule has 5 nitrogen and oxygen atoms in total. The van der Waals surface area contributed by atoms with Gasteiger partial charge in [-0.3, -0.25) is 0 Å². The number of halogens is 1. The highest BCUT2D eigenvalue weighted by molar-refractivity contribution is 9.10. The summed E-state index contributed by atoms with van der Waals surface area (Å²) < 4.78 is 1.02. The zero-order valence-electron chi connectivity index (χ0n) is 9.39. The molecule has 1 aromatic carbocycles. The van der Waals surface area contributed by atoms with Crippen molar-refractivity contribution in [2.24, 2.45) is 0 Å². The molecular formula is C12H10BrN5. The summed E-state index contributed by atoms with van der Waals surface area (Å²) in [6.07, 6.45) is 1.45. The summed E-state index contributed by atoms with van der Waals surface area (Å²) in [4.78, 5) is 8.12. The summed E-state index contributed by atoms with van der Waals surface area (Å²) in [5.41, 5.74) is 0.933. The first-order chi connectivity index (χ1) is 8.78. The van der Waals surface area contributed by atoms with E-state index in [9.17, 15) is 0 Å². The Morgan fingerprint density at radius 3 is 2.61 bits per heavy atom. The zero-order valence-corrected chi connectivity index (χ0v) is 11.0. The first-order valence-electron chi connectivity index (χ1n) is 5.23. The minimum absolute atomic E-state index is 0.217. The Bertz CT molecular complexity index is 561. The van der Waals surface area contributed by atoms with Gasteiger partial charge in [0, 0.05) is 16.2 Å². The number of nitrogens with one attached hydrogen (secondary N) is 2. The van der Waals surface area contributed by atoms with Crippen LogP contribution in [0.1, 0.15) is 0 Å². The van der Waals surface area contributed by atoms with Crippen molar-refractivity contribution in [3.63, 3.8) is 0 Å². The second-order valence-corrected chi connectivity index (χ2v) is 4.35. The number of nitriles is 1. The van der Waals surface area contributed by atoms with Crippen LogP contribution in [-0.2, 0) is 0 Å². The largest absolute Gasteiger partial charge is 0.357 e. The van der Waals surface area contributed by atoms with Gasteiger partial charge in [-0.2, -0.15) is 5.26 Å². The molecular weight excluding hydrogens is 294 g/mol. The number of aromatic nitrogens is 2. The lowest BCUT2D eigenvalue weighted by atomic mass is 10.3. The van der Waals surface area contributed by atoms with Crippen LogP contribution in [0.15, 0.2) is 41.1 Å². The standard InChI is InChI=1S/C12H10BrN5/c13-9-1-3-10(4-2-9)18-12-7-11(15-6-5-14)16-8-17-12/h1-4,7-8H,6H2,(H2,15,16,17,18). The highest BCUT2D eigenvalue weighted by atomic mass is 79.9. The molecule has 0 saturated heterocycles. The van der Waals surface area contributed by atoms with E-state index in [2.05, 4.69) is 36.5 Å². The van der Waals surface area contributed by atoms with E-state index in [1.54, 1.807) is 6.07 Å². The van der Waals surface area contributed by atoms with Crippen LogP contribution in [-0.4, -0.2) is 16.5 Å². The molecule has 0 spiro atoms. The molecule has 90 valence electrons. The van der Waals surface area contributed by atoms with Crippen LogP contribution < -0.4 is 10.6 Å². The van der Waals surface area contributed by atoms with E-state index in [1.807, 2.05) is 30.3 Å². The number of hydrogen-bond acceptors (Lipinski definition) is 5. The monoisotopic (exact) mass is 303 g/mol. The summed E-state index contributed by atoms with van der Waals surface area (Å²) in [6, 6.07) is 11.5. The molecule has 0 unspecified atom stereocenters. The lowest BCUT2D eigenvalue weighted by Gasteiger charge is -2.07. The lowest BCUT2D eigenvalue weighted by Crippen LogP contribution is -2.02.